The molecule has 0 aliphatic heterocycles. The van der Waals surface area contributed by atoms with Crippen molar-refractivity contribution >= 4 is 34.8 Å². The molecule has 0 aromatic heterocycles. The van der Waals surface area contributed by atoms with Gasteiger partial charge in [-0.2, -0.15) is 0 Å². The minimum atomic E-state index is -0.347. The van der Waals surface area contributed by atoms with Crippen molar-refractivity contribution in [3.05, 3.63) is 28.2 Å². The molecule has 1 aromatic carbocycles. The zero-order valence-electron chi connectivity index (χ0n) is 8.26. The van der Waals surface area contributed by atoms with Gasteiger partial charge >= 0.3 is 0 Å². The molecule has 1 aromatic rings. The van der Waals surface area contributed by atoms with Crippen molar-refractivity contribution in [3.63, 3.8) is 0 Å². The monoisotopic (exact) mass is 246 g/mol. The quantitative estimate of drug-likeness (QED) is 0.859. The van der Waals surface area contributed by atoms with Crippen LogP contribution >= 0.6 is 23.2 Å². The first kappa shape index (κ1) is 12.1. The van der Waals surface area contributed by atoms with Crippen molar-refractivity contribution < 1.29 is 4.79 Å². The smallest absolute Gasteiger partial charge is 0.219 e. The number of hydrogen-bond acceptors (Lipinski definition) is 2. The Morgan fingerprint density at radius 3 is 2.73 bits per heavy atom. The Morgan fingerprint density at radius 1 is 1.53 bits per heavy atom. The first-order chi connectivity index (χ1) is 6.99. The van der Waals surface area contributed by atoms with Gasteiger partial charge in [-0.05, 0) is 25.1 Å². The van der Waals surface area contributed by atoms with Gasteiger partial charge in [0.15, 0.2) is 0 Å². The third kappa shape index (κ3) is 3.98. The predicted octanol–water partition coefficient (Wildman–Crippen LogP) is 2.67. The van der Waals surface area contributed by atoms with Crippen LogP contribution in [-0.2, 0) is 4.79 Å². The van der Waals surface area contributed by atoms with Gasteiger partial charge in [0.2, 0.25) is 5.91 Å². The summed E-state index contributed by atoms with van der Waals surface area (Å²) in [5.74, 6) is -0.347. The van der Waals surface area contributed by atoms with E-state index in [1.807, 2.05) is 6.92 Å². The molecule has 0 bridgehead atoms. The highest BCUT2D eigenvalue weighted by Gasteiger charge is 2.08. The molecular weight excluding hydrogens is 235 g/mol. The summed E-state index contributed by atoms with van der Waals surface area (Å²) < 4.78 is 0. The van der Waals surface area contributed by atoms with Gasteiger partial charge in [-0.25, -0.2) is 0 Å². The zero-order valence-corrected chi connectivity index (χ0v) is 9.77. The standard InChI is InChI=1S/C10H12Cl2N2O/c1-6(4-10(13)15)14-9-3-2-7(11)5-8(9)12/h2-3,5-6,14H,4H2,1H3,(H2,13,15). The third-order valence-electron chi connectivity index (χ3n) is 1.84. The lowest BCUT2D eigenvalue weighted by atomic mass is 10.2. The van der Waals surface area contributed by atoms with Crippen LogP contribution in [-0.4, -0.2) is 11.9 Å². The van der Waals surface area contributed by atoms with E-state index in [0.29, 0.717) is 10.0 Å². The first-order valence-electron chi connectivity index (χ1n) is 4.49. The van der Waals surface area contributed by atoms with E-state index < -0.39 is 0 Å². The van der Waals surface area contributed by atoms with Gasteiger partial charge < -0.3 is 11.1 Å². The van der Waals surface area contributed by atoms with Crippen LogP contribution in [0.25, 0.3) is 0 Å². The van der Waals surface area contributed by atoms with Gasteiger partial charge in [-0.15, -0.1) is 0 Å². The largest absolute Gasteiger partial charge is 0.381 e. The third-order valence-corrected chi connectivity index (χ3v) is 2.39. The van der Waals surface area contributed by atoms with E-state index in [9.17, 15) is 4.79 Å². The van der Waals surface area contributed by atoms with Gasteiger partial charge in [0, 0.05) is 17.5 Å². The van der Waals surface area contributed by atoms with Crippen molar-refractivity contribution in [1.82, 2.24) is 0 Å². The van der Waals surface area contributed by atoms with Gasteiger partial charge in [0.1, 0.15) is 0 Å². The van der Waals surface area contributed by atoms with E-state index in [1.54, 1.807) is 18.2 Å². The minimum absolute atomic E-state index is 0.0545. The van der Waals surface area contributed by atoms with Crippen LogP contribution in [0.4, 0.5) is 5.69 Å². The predicted molar refractivity (Wildman–Crippen MR) is 63.4 cm³/mol. The molecule has 0 aliphatic rings. The number of benzene rings is 1. The molecule has 0 radical (unpaired) electrons. The molecular formula is C10H12Cl2N2O. The van der Waals surface area contributed by atoms with E-state index in [4.69, 9.17) is 28.9 Å². The average molecular weight is 247 g/mol. The van der Waals surface area contributed by atoms with Crippen molar-refractivity contribution in [1.29, 1.82) is 0 Å². The SMILES string of the molecule is CC(CC(N)=O)Nc1ccc(Cl)cc1Cl. The molecule has 0 fully saturated rings. The van der Waals surface area contributed by atoms with Gasteiger partial charge in [0.25, 0.3) is 0 Å². The van der Waals surface area contributed by atoms with E-state index in [-0.39, 0.29) is 18.4 Å². The zero-order chi connectivity index (χ0) is 11.4. The second-order valence-corrected chi connectivity index (χ2v) is 4.18. The maximum absolute atomic E-state index is 10.7. The van der Waals surface area contributed by atoms with Crippen LogP contribution in [0.5, 0.6) is 0 Å². The van der Waals surface area contributed by atoms with Crippen molar-refractivity contribution in [3.8, 4) is 0 Å². The van der Waals surface area contributed by atoms with Crippen molar-refractivity contribution in [2.45, 2.75) is 19.4 Å². The Labute approximate surface area is 98.5 Å². The summed E-state index contributed by atoms with van der Waals surface area (Å²) in [4.78, 5) is 10.7. The molecule has 15 heavy (non-hydrogen) atoms. The summed E-state index contributed by atoms with van der Waals surface area (Å²) in [5, 5.41) is 4.18. The lowest BCUT2D eigenvalue weighted by molar-refractivity contribution is -0.118. The van der Waals surface area contributed by atoms with E-state index in [1.165, 1.54) is 0 Å². The fourth-order valence-corrected chi connectivity index (χ4v) is 1.69. The molecule has 0 spiro atoms. The minimum Gasteiger partial charge on any atom is -0.381 e. The molecule has 0 aliphatic carbocycles. The number of nitrogens with two attached hydrogens (primary N) is 1. The highest BCUT2D eigenvalue weighted by Crippen LogP contribution is 2.26. The molecule has 82 valence electrons. The first-order valence-corrected chi connectivity index (χ1v) is 5.24. The number of hydrogen-bond donors (Lipinski definition) is 2. The Morgan fingerprint density at radius 2 is 2.20 bits per heavy atom. The van der Waals surface area contributed by atoms with Gasteiger partial charge in [-0.3, -0.25) is 4.79 Å². The maximum atomic E-state index is 10.7. The molecule has 1 unspecified atom stereocenters. The summed E-state index contributed by atoms with van der Waals surface area (Å²) in [6, 6.07) is 5.08. The molecule has 3 nitrogen and oxygen atoms in total. The second-order valence-electron chi connectivity index (χ2n) is 3.34. The number of anilines is 1. The van der Waals surface area contributed by atoms with E-state index in [0.717, 1.165) is 5.69 Å². The van der Waals surface area contributed by atoms with Crippen LogP contribution in [0.2, 0.25) is 10.0 Å². The van der Waals surface area contributed by atoms with Gasteiger partial charge in [-0.1, -0.05) is 23.2 Å². The summed E-state index contributed by atoms with van der Waals surface area (Å²) in [5.41, 5.74) is 5.82. The summed E-state index contributed by atoms with van der Waals surface area (Å²) in [6.07, 6.45) is 0.263. The molecule has 0 heterocycles. The van der Waals surface area contributed by atoms with Gasteiger partial charge in [0.05, 0.1) is 10.7 Å². The van der Waals surface area contributed by atoms with Crippen LogP contribution in [0.3, 0.4) is 0 Å². The van der Waals surface area contributed by atoms with Crippen LogP contribution in [0.15, 0.2) is 18.2 Å². The normalized spacial score (nSPS) is 12.2. The summed E-state index contributed by atoms with van der Waals surface area (Å²) in [7, 11) is 0. The maximum Gasteiger partial charge on any atom is 0.219 e. The molecule has 1 rings (SSSR count). The topological polar surface area (TPSA) is 55.1 Å². The van der Waals surface area contributed by atoms with Crippen molar-refractivity contribution in [2.24, 2.45) is 5.73 Å². The fourth-order valence-electron chi connectivity index (χ4n) is 1.22. The number of halogens is 2. The van der Waals surface area contributed by atoms with Crippen molar-refractivity contribution in [2.75, 3.05) is 5.32 Å². The number of nitrogens with one attached hydrogen (secondary N) is 1. The highest BCUT2D eigenvalue weighted by atomic mass is 35.5. The van der Waals surface area contributed by atoms with Crippen LogP contribution in [0, 0.1) is 0 Å². The summed E-state index contributed by atoms with van der Waals surface area (Å²) in [6.45, 7) is 1.86. The van der Waals surface area contributed by atoms with Crippen LogP contribution < -0.4 is 11.1 Å². The Balaban J connectivity index is 2.68. The van der Waals surface area contributed by atoms with E-state index in [2.05, 4.69) is 5.32 Å². The molecule has 0 saturated heterocycles. The number of primary amides is 1. The fraction of sp³-hybridized carbons (Fsp3) is 0.300. The summed E-state index contributed by atoms with van der Waals surface area (Å²) >= 11 is 11.7. The lowest BCUT2D eigenvalue weighted by Gasteiger charge is -2.14. The Kier molecular flexibility index (Phi) is 4.24. The number of carbonyl (C=O) groups is 1. The number of amides is 1. The molecule has 1 amide bonds. The Bertz CT molecular complexity index is 368. The lowest BCUT2D eigenvalue weighted by Crippen LogP contribution is -2.24. The molecule has 3 N–H and O–H groups in total. The van der Waals surface area contributed by atoms with Crippen LogP contribution in [0.1, 0.15) is 13.3 Å². The highest BCUT2D eigenvalue weighted by molar-refractivity contribution is 6.36. The average Bonchev–Trinajstić information content (AvgIpc) is 2.08. The molecule has 5 heteroatoms. The van der Waals surface area contributed by atoms with E-state index >= 15 is 0 Å². The molecule has 0 saturated carbocycles. The molecule has 1 atom stereocenters. The number of rotatable bonds is 4. The number of carbonyl (C=O) groups excluding carboxylic acids is 1. The second kappa shape index (κ2) is 5.24. The Hall–Kier alpha value is -0.930.